The fourth-order valence-electron chi connectivity index (χ4n) is 6.35. The molecule has 13 heteroatoms. The molecule has 6 bridgehead atoms. The van der Waals surface area contributed by atoms with Crippen LogP contribution in [-0.2, 0) is 35.0 Å². The number of fused-ring (bicyclic) bond motifs is 6. The third-order valence-electron chi connectivity index (χ3n) is 9.24. The van der Waals surface area contributed by atoms with Gasteiger partial charge in [-0.15, -0.1) is 0 Å². The van der Waals surface area contributed by atoms with E-state index in [9.17, 15) is 19.5 Å². The highest BCUT2D eigenvalue weighted by molar-refractivity contribution is 6.35. The molecule has 5 rings (SSSR count). The van der Waals surface area contributed by atoms with Crippen LogP contribution in [0.1, 0.15) is 52.5 Å². The van der Waals surface area contributed by atoms with Crippen molar-refractivity contribution in [2.75, 3.05) is 40.3 Å². The number of alkyl carbamates (subject to hydrolysis) is 1. The van der Waals surface area contributed by atoms with E-state index in [0.29, 0.717) is 17.9 Å². The fraction of sp³-hybridized carbons (Fsp3) is 0.606. The Morgan fingerprint density at radius 3 is 2.50 bits per heavy atom. The average Bonchev–Trinajstić information content (AvgIpc) is 2.96. The number of allylic oxidation sites excluding steroid dienone is 3. The van der Waals surface area contributed by atoms with Crippen molar-refractivity contribution in [1.29, 1.82) is 0 Å². The Bertz CT molecular complexity index is 1410. The summed E-state index contributed by atoms with van der Waals surface area (Å²) >= 11 is 6.71. The van der Waals surface area contributed by atoms with Crippen molar-refractivity contribution >= 4 is 35.3 Å². The monoisotopic (exact) mass is 663 g/mol. The number of carbonyl (C=O) groups is 3. The molecule has 46 heavy (non-hydrogen) atoms. The van der Waals surface area contributed by atoms with E-state index >= 15 is 0 Å². The third-order valence-corrected chi connectivity index (χ3v) is 9.62. The zero-order chi connectivity index (χ0) is 34.2. The summed E-state index contributed by atoms with van der Waals surface area (Å²) in [5.74, 6) is -0.488. The first-order valence-corrected chi connectivity index (χ1v) is 15.6. The zero-order valence-corrected chi connectivity index (χ0v) is 28.8. The summed E-state index contributed by atoms with van der Waals surface area (Å²) in [6.07, 6.45) is 2.13. The molecular formula is C33H46ClN3O9. The van der Waals surface area contributed by atoms with Gasteiger partial charge in [0.1, 0.15) is 46.3 Å². The number of carbonyl (C=O) groups excluding carboxylic acids is 3. The molecule has 2 saturated heterocycles. The van der Waals surface area contributed by atoms with Gasteiger partial charge in [0.05, 0.1) is 19.2 Å². The van der Waals surface area contributed by atoms with Gasteiger partial charge < -0.3 is 33.7 Å². The Kier molecular flexibility index (Phi) is 10.5. The molecule has 1 aromatic carbocycles. The zero-order valence-electron chi connectivity index (χ0n) is 28.0. The van der Waals surface area contributed by atoms with Gasteiger partial charge in [-0.05, 0) is 65.9 Å². The molecule has 7 atom stereocenters. The number of hydrogen-bond acceptors (Lipinski definition) is 10. The second kappa shape index (κ2) is 13.5. The molecule has 254 valence electrons. The minimum Gasteiger partial charge on any atom is -0.495 e. The maximum absolute atomic E-state index is 13.9. The van der Waals surface area contributed by atoms with Crippen LogP contribution in [0.15, 0.2) is 35.9 Å². The van der Waals surface area contributed by atoms with Crippen LogP contribution in [-0.4, -0.2) is 105 Å². The highest BCUT2D eigenvalue weighted by atomic mass is 35.5. The minimum absolute atomic E-state index is 0.0508. The minimum atomic E-state index is -1.81. The maximum atomic E-state index is 13.9. The van der Waals surface area contributed by atoms with Crippen molar-refractivity contribution < 1.29 is 43.2 Å². The molecule has 7 unspecified atom stereocenters. The number of hydrogen-bond donors (Lipinski definition) is 2. The SMILES string of the molecule is COc1cc2cc(c1Cl)N(C)C(=O)CC(OC(=O)C(C)N(C)C)C1(C)CC(C)(O1)C1CC(O)(NC(=O)O1)C(OC)/C=C/C=C(\C)C2. The van der Waals surface area contributed by atoms with Crippen LogP contribution in [0.3, 0.4) is 0 Å². The van der Waals surface area contributed by atoms with E-state index in [1.54, 1.807) is 59.0 Å². The number of likely N-dealkylation sites (N-methyl/N-ethyl adjacent to an activating group) is 1. The first-order valence-electron chi connectivity index (χ1n) is 15.2. The predicted octanol–water partition coefficient (Wildman–Crippen LogP) is 3.76. The van der Waals surface area contributed by atoms with E-state index in [1.165, 1.54) is 19.1 Å². The average molecular weight is 664 g/mol. The van der Waals surface area contributed by atoms with Gasteiger partial charge in [-0.25, -0.2) is 4.79 Å². The summed E-state index contributed by atoms with van der Waals surface area (Å²) in [5, 5.41) is 14.4. The second-order valence-corrected chi connectivity index (χ2v) is 13.5. The molecule has 4 heterocycles. The molecule has 12 nitrogen and oxygen atoms in total. The Labute approximate surface area is 275 Å². The highest BCUT2D eigenvalue weighted by Crippen LogP contribution is 2.50. The number of amides is 2. The van der Waals surface area contributed by atoms with Gasteiger partial charge in [-0.3, -0.25) is 19.8 Å². The van der Waals surface area contributed by atoms with Gasteiger partial charge in [-0.2, -0.15) is 0 Å². The Morgan fingerprint density at radius 1 is 1.22 bits per heavy atom. The number of nitrogens with one attached hydrogen (secondary N) is 1. The third kappa shape index (κ3) is 7.21. The lowest BCUT2D eigenvalue weighted by atomic mass is 9.72. The van der Waals surface area contributed by atoms with Gasteiger partial charge in [0.2, 0.25) is 5.91 Å². The lowest BCUT2D eigenvalue weighted by molar-refractivity contribution is -0.328. The van der Waals surface area contributed by atoms with E-state index < -0.39 is 53.3 Å². The molecule has 0 saturated carbocycles. The summed E-state index contributed by atoms with van der Waals surface area (Å²) in [6, 6.07) is 3.04. The normalized spacial score (nSPS) is 34.4. The van der Waals surface area contributed by atoms with E-state index in [0.717, 1.165) is 11.1 Å². The number of anilines is 1. The predicted molar refractivity (Wildman–Crippen MR) is 172 cm³/mol. The maximum Gasteiger partial charge on any atom is 0.409 e. The van der Waals surface area contributed by atoms with Gasteiger partial charge >= 0.3 is 12.1 Å². The number of esters is 1. The number of ether oxygens (including phenoxy) is 5. The van der Waals surface area contributed by atoms with E-state index in [-0.39, 0.29) is 30.2 Å². The van der Waals surface area contributed by atoms with Crippen molar-refractivity contribution in [3.05, 3.63) is 46.5 Å². The molecule has 0 aliphatic carbocycles. The Balaban J connectivity index is 1.80. The Hall–Kier alpha value is -3.16. The highest BCUT2D eigenvalue weighted by Gasteiger charge is 2.63. The van der Waals surface area contributed by atoms with Crippen LogP contribution in [0.5, 0.6) is 5.75 Å². The van der Waals surface area contributed by atoms with Crippen LogP contribution in [0.2, 0.25) is 5.02 Å². The van der Waals surface area contributed by atoms with Crippen LogP contribution < -0.4 is 15.0 Å². The molecular weight excluding hydrogens is 618 g/mol. The van der Waals surface area contributed by atoms with Crippen molar-refractivity contribution in [3.8, 4) is 5.75 Å². The number of methoxy groups -OCH3 is 2. The van der Waals surface area contributed by atoms with E-state index in [1.807, 2.05) is 25.1 Å². The van der Waals surface area contributed by atoms with Crippen molar-refractivity contribution in [2.45, 2.75) is 94.7 Å². The lowest BCUT2D eigenvalue weighted by Crippen LogP contribution is -2.72. The molecule has 0 radical (unpaired) electrons. The van der Waals surface area contributed by atoms with Crippen molar-refractivity contribution in [2.24, 2.45) is 0 Å². The Morgan fingerprint density at radius 2 is 1.89 bits per heavy atom. The topological polar surface area (TPSA) is 136 Å². The summed E-state index contributed by atoms with van der Waals surface area (Å²) in [5.41, 5.74) is -1.78. The van der Waals surface area contributed by atoms with Gasteiger partial charge in [-0.1, -0.05) is 35.4 Å². The quantitative estimate of drug-likeness (QED) is 0.448. The summed E-state index contributed by atoms with van der Waals surface area (Å²) in [4.78, 5) is 43.0. The number of aliphatic hydroxyl groups is 1. The molecule has 1 aromatic rings. The smallest absolute Gasteiger partial charge is 0.409 e. The molecule has 4 aliphatic rings. The number of nitrogens with zero attached hydrogens (tertiary/aromatic N) is 2. The molecule has 0 spiro atoms. The first kappa shape index (κ1) is 35.7. The van der Waals surface area contributed by atoms with Crippen molar-refractivity contribution in [3.63, 3.8) is 0 Å². The largest absolute Gasteiger partial charge is 0.495 e. The summed E-state index contributed by atoms with van der Waals surface area (Å²) in [6.45, 7) is 7.16. The molecule has 2 N–H and O–H groups in total. The summed E-state index contributed by atoms with van der Waals surface area (Å²) < 4.78 is 29.3. The van der Waals surface area contributed by atoms with Crippen LogP contribution in [0.4, 0.5) is 10.5 Å². The fourth-order valence-corrected chi connectivity index (χ4v) is 6.66. The van der Waals surface area contributed by atoms with Crippen LogP contribution in [0, 0.1) is 0 Å². The van der Waals surface area contributed by atoms with Gasteiger partial charge in [0, 0.05) is 27.0 Å². The van der Waals surface area contributed by atoms with Crippen LogP contribution in [0.25, 0.3) is 0 Å². The molecule has 2 fully saturated rings. The lowest BCUT2D eigenvalue weighted by Gasteiger charge is -2.59. The summed E-state index contributed by atoms with van der Waals surface area (Å²) in [7, 11) is 8.06. The number of benzene rings is 1. The van der Waals surface area contributed by atoms with Crippen LogP contribution >= 0.6 is 11.6 Å². The van der Waals surface area contributed by atoms with Gasteiger partial charge in [0.15, 0.2) is 5.72 Å². The first-order chi connectivity index (χ1) is 21.4. The number of halogens is 1. The standard InChI is InChI=1S/C33H46ClN3O9/c1-19-11-10-12-24(43-9)33(41)17-26(45-30(40)35-33)32(4)18-31(3,46-32)25(44-29(39)20(2)36(5)6)16-27(38)37(7)22-14-21(13-19)15-23(42-8)28(22)34/h10-12,14-15,20,24-26,41H,13,16-18H2,1-9H3,(H,35,40)/b12-10+,19-11+. The number of rotatable bonds is 5. The van der Waals surface area contributed by atoms with Gasteiger partial charge in [0.25, 0.3) is 0 Å². The van der Waals surface area contributed by atoms with Crippen molar-refractivity contribution in [1.82, 2.24) is 10.2 Å². The molecule has 2 amide bonds. The van der Waals surface area contributed by atoms with E-state index in [4.69, 9.17) is 35.3 Å². The van der Waals surface area contributed by atoms with E-state index in [2.05, 4.69) is 5.32 Å². The molecule has 0 aromatic heterocycles. The second-order valence-electron chi connectivity index (χ2n) is 13.1. The molecule has 4 aliphatic heterocycles.